The largest absolute Gasteiger partial charge is 0.493 e. The van der Waals surface area contributed by atoms with Crippen molar-refractivity contribution in [2.45, 2.75) is 74.1 Å². The van der Waals surface area contributed by atoms with Crippen LogP contribution in [0.1, 0.15) is 71.9 Å². The highest BCUT2D eigenvalue weighted by molar-refractivity contribution is 5.38. The van der Waals surface area contributed by atoms with Crippen LogP contribution in [0.3, 0.4) is 0 Å². The predicted molar refractivity (Wildman–Crippen MR) is 90.7 cm³/mol. The van der Waals surface area contributed by atoms with Gasteiger partial charge in [-0.05, 0) is 25.0 Å². The van der Waals surface area contributed by atoms with Crippen molar-refractivity contribution in [2.75, 3.05) is 6.61 Å². The molecule has 0 amide bonds. The normalized spacial score (nSPS) is 16.6. The van der Waals surface area contributed by atoms with Gasteiger partial charge in [0.05, 0.1) is 6.61 Å². The van der Waals surface area contributed by atoms with E-state index in [1.54, 1.807) is 0 Å². The average molecular weight is 278 g/mol. The average Bonchev–Trinajstić information content (AvgIpc) is 3.30. The van der Waals surface area contributed by atoms with Crippen LogP contribution in [0.25, 0.3) is 0 Å². The van der Waals surface area contributed by atoms with Gasteiger partial charge in [-0.15, -0.1) is 0 Å². The Morgan fingerprint density at radius 2 is 1.50 bits per heavy atom. The number of benzene rings is 1. The standard InChI is InChI=1S/C12H16O.C3H6.2C2H6/c1-9-4-5-11-10(6-9)7-12(2,3)8-13-11;1-2-3-1;2*1-2/h4-6H,7-8H2,1-3H3;1-3H2;2*1-2H3. The van der Waals surface area contributed by atoms with Gasteiger partial charge in [-0.3, -0.25) is 0 Å². The zero-order valence-corrected chi connectivity index (χ0v) is 14.7. The van der Waals surface area contributed by atoms with E-state index >= 15 is 0 Å². The fourth-order valence-electron chi connectivity index (χ4n) is 1.83. The summed E-state index contributed by atoms with van der Waals surface area (Å²) in [5, 5.41) is 0. The van der Waals surface area contributed by atoms with Crippen LogP contribution in [0.2, 0.25) is 0 Å². The van der Waals surface area contributed by atoms with Crippen LogP contribution in [0.5, 0.6) is 5.75 Å². The van der Waals surface area contributed by atoms with E-state index in [9.17, 15) is 0 Å². The second-order valence-electron chi connectivity index (χ2n) is 5.80. The molecule has 3 rings (SSSR count). The van der Waals surface area contributed by atoms with E-state index in [1.807, 2.05) is 27.7 Å². The Hall–Kier alpha value is -0.980. The first-order valence-corrected chi connectivity index (χ1v) is 8.29. The van der Waals surface area contributed by atoms with Crippen molar-refractivity contribution in [3.05, 3.63) is 29.3 Å². The molecule has 0 atom stereocenters. The van der Waals surface area contributed by atoms with Crippen molar-refractivity contribution in [1.82, 2.24) is 0 Å². The summed E-state index contributed by atoms with van der Waals surface area (Å²) in [4.78, 5) is 0. The van der Waals surface area contributed by atoms with Crippen LogP contribution in [0.15, 0.2) is 18.2 Å². The van der Waals surface area contributed by atoms with Gasteiger partial charge in [0, 0.05) is 5.41 Å². The molecular formula is C19H34O. The summed E-state index contributed by atoms with van der Waals surface area (Å²) < 4.78 is 5.69. The number of hydrogen-bond acceptors (Lipinski definition) is 1. The molecule has 1 heteroatoms. The van der Waals surface area contributed by atoms with Crippen LogP contribution in [0.4, 0.5) is 0 Å². The van der Waals surface area contributed by atoms with Crippen LogP contribution in [-0.2, 0) is 6.42 Å². The first-order valence-electron chi connectivity index (χ1n) is 8.29. The van der Waals surface area contributed by atoms with Crippen molar-refractivity contribution >= 4 is 0 Å². The Labute approximate surface area is 126 Å². The van der Waals surface area contributed by atoms with E-state index in [-0.39, 0.29) is 0 Å². The molecule has 1 aromatic rings. The molecule has 1 saturated carbocycles. The molecule has 0 aromatic heterocycles. The molecule has 0 radical (unpaired) electrons. The first-order chi connectivity index (χ1) is 9.57. The molecule has 1 nitrogen and oxygen atoms in total. The monoisotopic (exact) mass is 278 g/mol. The lowest BCUT2D eigenvalue weighted by Gasteiger charge is -2.31. The summed E-state index contributed by atoms with van der Waals surface area (Å²) >= 11 is 0. The van der Waals surface area contributed by atoms with Gasteiger partial charge < -0.3 is 4.74 Å². The molecule has 0 spiro atoms. The van der Waals surface area contributed by atoms with Crippen LogP contribution >= 0.6 is 0 Å². The minimum absolute atomic E-state index is 0.292. The number of aryl methyl sites for hydroxylation is 1. The Balaban J connectivity index is 0.000000435. The van der Waals surface area contributed by atoms with Crippen molar-refractivity contribution in [3.8, 4) is 5.75 Å². The summed E-state index contributed by atoms with van der Waals surface area (Å²) in [7, 11) is 0. The summed E-state index contributed by atoms with van der Waals surface area (Å²) in [6, 6.07) is 6.42. The molecule has 1 heterocycles. The zero-order valence-electron chi connectivity index (χ0n) is 14.7. The van der Waals surface area contributed by atoms with Gasteiger partial charge in [-0.1, -0.05) is 78.5 Å². The van der Waals surface area contributed by atoms with Crippen molar-refractivity contribution in [1.29, 1.82) is 0 Å². The van der Waals surface area contributed by atoms with Crippen LogP contribution in [0, 0.1) is 12.3 Å². The lowest BCUT2D eigenvalue weighted by Crippen LogP contribution is -2.28. The van der Waals surface area contributed by atoms with E-state index in [0.717, 1.165) is 18.8 Å². The lowest BCUT2D eigenvalue weighted by atomic mass is 9.84. The molecular weight excluding hydrogens is 244 g/mol. The molecule has 116 valence electrons. The maximum absolute atomic E-state index is 5.69. The van der Waals surface area contributed by atoms with Crippen LogP contribution < -0.4 is 4.74 Å². The van der Waals surface area contributed by atoms with E-state index in [2.05, 4.69) is 39.0 Å². The molecule has 1 aromatic carbocycles. The zero-order chi connectivity index (χ0) is 15.6. The second-order valence-corrected chi connectivity index (χ2v) is 5.80. The van der Waals surface area contributed by atoms with E-state index < -0.39 is 0 Å². The van der Waals surface area contributed by atoms with Gasteiger partial charge in [0.1, 0.15) is 5.75 Å². The third kappa shape index (κ3) is 7.57. The van der Waals surface area contributed by atoms with Gasteiger partial charge in [0.2, 0.25) is 0 Å². The van der Waals surface area contributed by atoms with Gasteiger partial charge in [0.25, 0.3) is 0 Å². The Morgan fingerprint density at radius 1 is 0.950 bits per heavy atom. The second kappa shape index (κ2) is 9.85. The van der Waals surface area contributed by atoms with E-state index in [1.165, 1.54) is 30.4 Å². The van der Waals surface area contributed by atoms with Gasteiger partial charge in [-0.25, -0.2) is 0 Å². The predicted octanol–water partition coefficient (Wildman–Crippen LogP) is 6.18. The molecule has 20 heavy (non-hydrogen) atoms. The van der Waals surface area contributed by atoms with Gasteiger partial charge >= 0.3 is 0 Å². The fraction of sp³-hybridized carbons (Fsp3) is 0.684. The summed E-state index contributed by atoms with van der Waals surface area (Å²) in [5.41, 5.74) is 2.97. The van der Waals surface area contributed by atoms with Gasteiger partial charge in [-0.2, -0.15) is 0 Å². The van der Waals surface area contributed by atoms with Crippen LogP contribution in [-0.4, -0.2) is 6.61 Å². The molecule has 0 saturated heterocycles. The Morgan fingerprint density at radius 3 is 2.00 bits per heavy atom. The molecule has 0 unspecified atom stereocenters. The highest BCUT2D eigenvalue weighted by Gasteiger charge is 2.26. The molecule has 0 N–H and O–H groups in total. The van der Waals surface area contributed by atoms with Gasteiger partial charge in [0.15, 0.2) is 0 Å². The summed E-state index contributed by atoms with van der Waals surface area (Å²) in [6.07, 6.45) is 5.63. The molecule has 1 aliphatic carbocycles. The Kier molecular flexibility index (Phi) is 9.37. The first kappa shape index (κ1) is 19.0. The third-order valence-electron chi connectivity index (χ3n) is 2.86. The van der Waals surface area contributed by atoms with E-state index in [4.69, 9.17) is 4.74 Å². The molecule has 2 aliphatic rings. The molecule has 1 aliphatic heterocycles. The minimum Gasteiger partial charge on any atom is -0.493 e. The molecule has 1 fully saturated rings. The summed E-state index contributed by atoms with van der Waals surface area (Å²) in [6.45, 7) is 15.5. The minimum atomic E-state index is 0.292. The summed E-state index contributed by atoms with van der Waals surface area (Å²) in [5.74, 6) is 1.07. The highest BCUT2D eigenvalue weighted by atomic mass is 16.5. The topological polar surface area (TPSA) is 9.23 Å². The quantitative estimate of drug-likeness (QED) is 0.550. The fourth-order valence-corrected chi connectivity index (χ4v) is 1.83. The number of ether oxygens (including phenoxy) is 1. The SMILES string of the molecule is C1CC1.CC.CC.Cc1ccc2c(c1)CC(C)(C)CO2. The third-order valence-corrected chi connectivity index (χ3v) is 2.86. The van der Waals surface area contributed by atoms with Crippen molar-refractivity contribution < 1.29 is 4.74 Å². The smallest absolute Gasteiger partial charge is 0.122 e. The van der Waals surface area contributed by atoms with E-state index in [0.29, 0.717) is 5.41 Å². The highest BCUT2D eigenvalue weighted by Crippen LogP contribution is 2.34. The number of hydrogen-bond donors (Lipinski definition) is 0. The lowest BCUT2D eigenvalue weighted by molar-refractivity contribution is 0.155. The maximum Gasteiger partial charge on any atom is 0.122 e. The number of rotatable bonds is 0. The van der Waals surface area contributed by atoms with Crippen molar-refractivity contribution in [2.24, 2.45) is 5.41 Å². The Bertz CT molecular complexity index is 361. The maximum atomic E-state index is 5.69. The number of fused-ring (bicyclic) bond motifs is 1. The van der Waals surface area contributed by atoms with Crippen molar-refractivity contribution in [3.63, 3.8) is 0 Å². The molecule has 0 bridgehead atoms.